The zero-order valence-electron chi connectivity index (χ0n) is 28.4. The number of anilines is 2. The molecule has 2 fully saturated rings. The Morgan fingerprint density at radius 3 is 2.33 bits per heavy atom. The normalized spacial score (nSPS) is 18.1. The van der Waals surface area contributed by atoms with E-state index in [1.54, 1.807) is 42.6 Å². The average molecular weight is 754 g/mol. The molecule has 1 saturated heterocycles. The smallest absolute Gasteiger partial charge is 0.332 e. The molecule has 0 radical (unpaired) electrons. The van der Waals surface area contributed by atoms with E-state index < -0.39 is 23.5 Å². The SMILES string of the molecule is CCOC(=O)C1C2CN(Cc3ncc(-c4cccc(-c5cccc(Nc6nc(C(F)F)nc7c6c(=O)n(C)c(=O)n7C)c5Cl)c4Cl)nc3OC)CC21. The summed E-state index contributed by atoms with van der Waals surface area (Å²) in [6.45, 7) is 4.22. The van der Waals surface area contributed by atoms with Crippen molar-refractivity contribution in [3.63, 3.8) is 0 Å². The first-order valence-electron chi connectivity index (χ1n) is 16.3. The number of carbonyl (C=O) groups excluding carboxylic acids is 1. The first-order valence-corrected chi connectivity index (χ1v) is 17.1. The number of aryl methyl sites for hydroxylation is 1. The molecular formula is C35H32Cl2F2N8O5. The Morgan fingerprint density at radius 2 is 1.65 bits per heavy atom. The second-order valence-corrected chi connectivity index (χ2v) is 13.4. The molecule has 52 heavy (non-hydrogen) atoms. The van der Waals surface area contributed by atoms with Crippen LogP contribution < -0.4 is 21.3 Å². The molecule has 1 N–H and O–H groups in total. The van der Waals surface area contributed by atoms with Crippen LogP contribution in [0.5, 0.6) is 5.88 Å². The Hall–Kier alpha value is -4.99. The number of benzene rings is 2. The van der Waals surface area contributed by atoms with Crippen molar-refractivity contribution in [1.29, 1.82) is 0 Å². The number of methoxy groups -OCH3 is 1. The van der Waals surface area contributed by atoms with Crippen LogP contribution in [0.25, 0.3) is 33.4 Å². The summed E-state index contributed by atoms with van der Waals surface area (Å²) in [7, 11) is 4.11. The van der Waals surface area contributed by atoms with Gasteiger partial charge in [0.2, 0.25) is 5.88 Å². The number of fused-ring (bicyclic) bond motifs is 2. The van der Waals surface area contributed by atoms with Gasteiger partial charge in [-0.1, -0.05) is 53.5 Å². The number of esters is 1. The van der Waals surface area contributed by atoms with Gasteiger partial charge in [0.1, 0.15) is 16.9 Å². The van der Waals surface area contributed by atoms with Crippen molar-refractivity contribution in [2.75, 3.05) is 32.1 Å². The quantitative estimate of drug-likeness (QED) is 0.183. The Morgan fingerprint density at radius 1 is 0.981 bits per heavy atom. The average Bonchev–Trinajstić information content (AvgIpc) is 3.65. The second kappa shape index (κ2) is 13.9. The minimum atomic E-state index is -3.08. The lowest BCUT2D eigenvalue weighted by Crippen LogP contribution is -2.38. The first-order chi connectivity index (χ1) is 24.9. The highest BCUT2D eigenvalue weighted by atomic mass is 35.5. The summed E-state index contributed by atoms with van der Waals surface area (Å²) in [5.41, 5.74) is 1.14. The van der Waals surface area contributed by atoms with Crippen molar-refractivity contribution in [3.8, 4) is 28.3 Å². The fourth-order valence-corrected chi connectivity index (χ4v) is 7.51. The summed E-state index contributed by atoms with van der Waals surface area (Å²) in [6.07, 6.45) is -1.46. The number of aromatic nitrogens is 6. The number of piperidine rings is 1. The van der Waals surface area contributed by atoms with Crippen LogP contribution in [-0.2, 0) is 30.2 Å². The molecule has 2 aromatic carbocycles. The van der Waals surface area contributed by atoms with Crippen molar-refractivity contribution in [1.82, 2.24) is 34.0 Å². The lowest BCUT2D eigenvalue weighted by atomic mass is 10.0. The van der Waals surface area contributed by atoms with E-state index in [0.29, 0.717) is 52.1 Å². The summed E-state index contributed by atoms with van der Waals surface area (Å²) >= 11 is 13.9. The van der Waals surface area contributed by atoms with E-state index in [-0.39, 0.29) is 51.3 Å². The highest BCUT2D eigenvalue weighted by molar-refractivity contribution is 6.39. The summed E-state index contributed by atoms with van der Waals surface area (Å²) in [6, 6.07) is 10.3. The van der Waals surface area contributed by atoms with E-state index in [4.69, 9.17) is 37.7 Å². The van der Waals surface area contributed by atoms with Crippen molar-refractivity contribution in [3.05, 3.63) is 85.0 Å². The van der Waals surface area contributed by atoms with Crippen LogP contribution in [0.15, 0.2) is 52.2 Å². The lowest BCUT2D eigenvalue weighted by molar-refractivity contribution is -0.145. The van der Waals surface area contributed by atoms with Gasteiger partial charge in [-0.3, -0.25) is 28.6 Å². The predicted molar refractivity (Wildman–Crippen MR) is 190 cm³/mol. The molecule has 13 nitrogen and oxygen atoms in total. The number of rotatable bonds is 10. The maximum atomic E-state index is 13.8. The van der Waals surface area contributed by atoms with Crippen LogP contribution in [0.1, 0.15) is 24.9 Å². The van der Waals surface area contributed by atoms with Crippen LogP contribution in [0, 0.1) is 17.8 Å². The fraction of sp³-hybridized carbons (Fsp3) is 0.343. The third-order valence-corrected chi connectivity index (χ3v) is 10.4. The molecule has 270 valence electrons. The number of carbonyl (C=O) groups is 1. The minimum Gasteiger partial charge on any atom is -0.480 e. The molecule has 2 atom stereocenters. The first kappa shape index (κ1) is 35.4. The standard InChI is InChI=1S/C35H32Cl2F2N8O5/c1-5-52-34(49)24-19-13-47(14-20(19)24)15-23-32(51-4)42-22(12-40-23)18-10-6-8-16(26(18)36)17-9-7-11-21(27(17)37)41-29-25-31(44-30(43-29)28(38)39)45(2)35(50)46(3)33(25)48/h6-12,19-20,24,28H,5,13-15H2,1-4H3,(H,41,43,44). The Bertz CT molecular complexity index is 2360. The molecule has 1 aliphatic heterocycles. The largest absolute Gasteiger partial charge is 0.480 e. The van der Waals surface area contributed by atoms with Crippen LogP contribution in [0.4, 0.5) is 20.3 Å². The number of nitrogens with zero attached hydrogens (tertiary/aromatic N) is 7. The number of halogens is 4. The third kappa shape index (κ3) is 6.16. The topological polar surface area (TPSA) is 146 Å². The van der Waals surface area contributed by atoms with Gasteiger partial charge in [0.25, 0.3) is 12.0 Å². The monoisotopic (exact) mass is 752 g/mol. The molecule has 1 aliphatic carbocycles. The number of nitrogens with one attached hydrogen (secondary N) is 1. The van der Waals surface area contributed by atoms with Gasteiger partial charge in [-0.2, -0.15) is 0 Å². The molecule has 1 saturated carbocycles. The highest BCUT2D eigenvalue weighted by Gasteiger charge is 2.60. The van der Waals surface area contributed by atoms with Crippen molar-refractivity contribution >= 4 is 51.7 Å². The van der Waals surface area contributed by atoms with E-state index in [9.17, 15) is 23.2 Å². The van der Waals surface area contributed by atoms with E-state index in [1.807, 2.05) is 6.92 Å². The number of likely N-dealkylation sites (tertiary alicyclic amines) is 1. The van der Waals surface area contributed by atoms with Gasteiger partial charge in [0.15, 0.2) is 11.5 Å². The van der Waals surface area contributed by atoms with E-state index in [0.717, 1.165) is 22.2 Å². The number of hydrogen-bond acceptors (Lipinski definition) is 11. The maximum absolute atomic E-state index is 13.8. The Labute approximate surface area is 305 Å². The second-order valence-electron chi connectivity index (χ2n) is 12.6. The molecule has 4 heterocycles. The molecule has 0 amide bonds. The minimum absolute atomic E-state index is 0.0258. The van der Waals surface area contributed by atoms with Gasteiger partial charge >= 0.3 is 11.7 Å². The zero-order valence-corrected chi connectivity index (χ0v) is 29.9. The highest BCUT2D eigenvalue weighted by Crippen LogP contribution is 2.52. The van der Waals surface area contributed by atoms with Crippen molar-refractivity contribution in [2.24, 2.45) is 31.8 Å². The van der Waals surface area contributed by atoms with Gasteiger partial charge in [0.05, 0.1) is 47.3 Å². The molecule has 2 unspecified atom stereocenters. The number of ether oxygens (including phenoxy) is 2. The summed E-state index contributed by atoms with van der Waals surface area (Å²) < 4.78 is 40.4. The molecule has 3 aromatic heterocycles. The van der Waals surface area contributed by atoms with E-state index in [2.05, 4.69) is 25.2 Å². The third-order valence-electron chi connectivity index (χ3n) is 9.54. The van der Waals surface area contributed by atoms with Gasteiger partial charge < -0.3 is 14.8 Å². The predicted octanol–water partition coefficient (Wildman–Crippen LogP) is 5.39. The van der Waals surface area contributed by atoms with Crippen LogP contribution in [-0.4, -0.2) is 66.7 Å². The van der Waals surface area contributed by atoms with Gasteiger partial charge in [0, 0.05) is 50.4 Å². The van der Waals surface area contributed by atoms with Crippen LogP contribution in [0.2, 0.25) is 10.0 Å². The Kier molecular flexibility index (Phi) is 9.44. The van der Waals surface area contributed by atoms with Gasteiger partial charge in [-0.05, 0) is 24.8 Å². The van der Waals surface area contributed by atoms with Crippen molar-refractivity contribution < 1.29 is 23.0 Å². The molecule has 2 aliphatic rings. The number of hydrogen-bond donors (Lipinski definition) is 1. The van der Waals surface area contributed by atoms with Gasteiger partial charge in [-0.25, -0.2) is 28.5 Å². The van der Waals surface area contributed by atoms with Crippen LogP contribution in [0.3, 0.4) is 0 Å². The lowest BCUT2D eigenvalue weighted by Gasteiger charge is -2.20. The zero-order chi connectivity index (χ0) is 37.0. The molecule has 5 aromatic rings. The molecule has 0 bridgehead atoms. The molecule has 0 spiro atoms. The molecule has 7 rings (SSSR count). The van der Waals surface area contributed by atoms with E-state index >= 15 is 0 Å². The summed E-state index contributed by atoms with van der Waals surface area (Å²) in [4.78, 5) is 57.2. The van der Waals surface area contributed by atoms with Crippen LogP contribution >= 0.6 is 23.2 Å². The Balaban J connectivity index is 1.18. The maximum Gasteiger partial charge on any atom is 0.332 e. The molecule has 17 heteroatoms. The van der Waals surface area contributed by atoms with Gasteiger partial charge in [-0.15, -0.1) is 0 Å². The van der Waals surface area contributed by atoms with E-state index in [1.165, 1.54) is 21.2 Å². The fourth-order valence-electron chi connectivity index (χ4n) is 6.91. The summed E-state index contributed by atoms with van der Waals surface area (Å²) in [5.74, 6) is -0.344. The van der Waals surface area contributed by atoms with Crippen molar-refractivity contribution in [2.45, 2.75) is 19.9 Å². The number of alkyl halides is 2. The molecular weight excluding hydrogens is 721 g/mol. The summed E-state index contributed by atoms with van der Waals surface area (Å²) in [5, 5.41) is 3.21.